The van der Waals surface area contributed by atoms with Gasteiger partial charge in [0.05, 0.1) is 17.9 Å². The van der Waals surface area contributed by atoms with Gasteiger partial charge in [-0.1, -0.05) is 13.8 Å². The van der Waals surface area contributed by atoms with E-state index in [-0.39, 0.29) is 5.56 Å². The van der Waals surface area contributed by atoms with Crippen molar-refractivity contribution in [2.24, 2.45) is 5.92 Å². The Balaban J connectivity index is 3.02. The molecule has 0 saturated carbocycles. The Bertz CT molecular complexity index is 478. The van der Waals surface area contributed by atoms with Gasteiger partial charge in [-0.05, 0) is 12.0 Å². The number of anilines is 1. The number of halogens is 1. The summed E-state index contributed by atoms with van der Waals surface area (Å²) in [4.78, 5) is 11.6. The van der Waals surface area contributed by atoms with Crippen LogP contribution in [0.5, 0.6) is 5.75 Å². The Hall–Kier alpha value is -1.82. The van der Waals surface area contributed by atoms with Crippen LogP contribution in [-0.4, -0.2) is 39.8 Å². The molecule has 0 heterocycles. The van der Waals surface area contributed by atoms with E-state index >= 15 is 0 Å². The van der Waals surface area contributed by atoms with Crippen LogP contribution in [0.25, 0.3) is 0 Å². The highest BCUT2D eigenvalue weighted by atomic mass is 19.1. The molecule has 0 aliphatic heterocycles. The van der Waals surface area contributed by atoms with Crippen molar-refractivity contribution < 1.29 is 18.7 Å². The molecule has 21 heavy (non-hydrogen) atoms. The molecule has 0 atom stereocenters. The highest BCUT2D eigenvalue weighted by Crippen LogP contribution is 2.28. The molecule has 1 aromatic carbocycles. The largest absolute Gasteiger partial charge is 0.489 e. The molecule has 1 amide bonds. The lowest BCUT2D eigenvalue weighted by Crippen LogP contribution is -2.20. The minimum absolute atomic E-state index is 0.0417. The van der Waals surface area contributed by atoms with Gasteiger partial charge in [-0.15, -0.1) is 0 Å². The smallest absolute Gasteiger partial charge is 0.254 e. The predicted octanol–water partition coefficient (Wildman–Crippen LogP) is 2.28. The van der Waals surface area contributed by atoms with Gasteiger partial charge in [0.2, 0.25) is 0 Å². The molecular formula is C15H23FN2O3. The standard InChI is InChI=1S/C15H23FN2O3/c1-10(2)9-18-13-8-12(16)11(15(19)17-3)7-14(13)21-6-5-20-4/h7-8,10,18H,5-6,9H2,1-4H3,(H,17,19). The number of hydrogen-bond donors (Lipinski definition) is 2. The number of hydrogen-bond acceptors (Lipinski definition) is 4. The van der Waals surface area contributed by atoms with Crippen LogP contribution < -0.4 is 15.4 Å². The molecule has 0 spiro atoms. The van der Waals surface area contributed by atoms with Crippen LogP contribution in [0.15, 0.2) is 12.1 Å². The van der Waals surface area contributed by atoms with E-state index in [4.69, 9.17) is 9.47 Å². The average Bonchev–Trinajstić information content (AvgIpc) is 2.46. The minimum atomic E-state index is -0.584. The first-order valence-electron chi connectivity index (χ1n) is 6.90. The maximum Gasteiger partial charge on any atom is 0.254 e. The van der Waals surface area contributed by atoms with Gasteiger partial charge in [0.1, 0.15) is 18.2 Å². The number of amides is 1. The van der Waals surface area contributed by atoms with E-state index in [0.717, 1.165) is 0 Å². The van der Waals surface area contributed by atoms with Crippen LogP contribution in [-0.2, 0) is 4.74 Å². The summed E-state index contributed by atoms with van der Waals surface area (Å²) in [5.74, 6) is -0.231. The molecule has 6 heteroatoms. The highest BCUT2D eigenvalue weighted by molar-refractivity contribution is 5.95. The molecule has 5 nitrogen and oxygen atoms in total. The summed E-state index contributed by atoms with van der Waals surface area (Å²) in [5, 5.41) is 5.53. The van der Waals surface area contributed by atoms with Gasteiger partial charge in [-0.2, -0.15) is 0 Å². The van der Waals surface area contributed by atoms with Crippen molar-refractivity contribution in [2.45, 2.75) is 13.8 Å². The van der Waals surface area contributed by atoms with Crippen LogP contribution in [0.3, 0.4) is 0 Å². The monoisotopic (exact) mass is 298 g/mol. The highest BCUT2D eigenvalue weighted by Gasteiger charge is 2.16. The average molecular weight is 298 g/mol. The first kappa shape index (κ1) is 17.2. The number of carbonyl (C=O) groups is 1. The van der Waals surface area contributed by atoms with Crippen molar-refractivity contribution >= 4 is 11.6 Å². The third-order valence-electron chi connectivity index (χ3n) is 2.79. The van der Waals surface area contributed by atoms with E-state index in [0.29, 0.717) is 37.1 Å². The van der Waals surface area contributed by atoms with Gasteiger partial charge in [0.15, 0.2) is 0 Å². The van der Waals surface area contributed by atoms with Crippen LogP contribution >= 0.6 is 0 Å². The van der Waals surface area contributed by atoms with E-state index in [1.165, 1.54) is 19.2 Å². The molecule has 0 bridgehead atoms. The van der Waals surface area contributed by atoms with Gasteiger partial charge in [0.25, 0.3) is 5.91 Å². The summed E-state index contributed by atoms with van der Waals surface area (Å²) < 4.78 is 24.5. The summed E-state index contributed by atoms with van der Waals surface area (Å²) >= 11 is 0. The van der Waals surface area contributed by atoms with Crippen molar-refractivity contribution in [1.29, 1.82) is 0 Å². The Morgan fingerprint density at radius 2 is 2.05 bits per heavy atom. The van der Waals surface area contributed by atoms with E-state index in [2.05, 4.69) is 10.6 Å². The van der Waals surface area contributed by atoms with E-state index < -0.39 is 11.7 Å². The summed E-state index contributed by atoms with van der Waals surface area (Å²) in [5.41, 5.74) is 0.491. The zero-order valence-corrected chi connectivity index (χ0v) is 13.0. The zero-order chi connectivity index (χ0) is 15.8. The van der Waals surface area contributed by atoms with Crippen LogP contribution in [0.2, 0.25) is 0 Å². The Kier molecular flexibility index (Phi) is 6.94. The third kappa shape index (κ3) is 5.23. The maximum atomic E-state index is 14.0. The molecule has 1 aromatic rings. The summed E-state index contributed by atoms with van der Waals surface area (Å²) in [7, 11) is 3.03. The summed E-state index contributed by atoms with van der Waals surface area (Å²) in [6, 6.07) is 2.70. The molecule has 0 aliphatic carbocycles. The second-order valence-electron chi connectivity index (χ2n) is 5.02. The summed E-state index contributed by atoms with van der Waals surface area (Å²) in [6.07, 6.45) is 0. The Labute approximate surface area is 124 Å². The molecular weight excluding hydrogens is 275 g/mol. The van der Waals surface area contributed by atoms with Crippen LogP contribution in [0.4, 0.5) is 10.1 Å². The van der Waals surface area contributed by atoms with Crippen molar-refractivity contribution in [1.82, 2.24) is 5.32 Å². The number of methoxy groups -OCH3 is 1. The molecule has 0 radical (unpaired) electrons. The van der Waals surface area contributed by atoms with Gasteiger partial charge in [-0.25, -0.2) is 4.39 Å². The molecule has 118 valence electrons. The van der Waals surface area contributed by atoms with Gasteiger partial charge < -0.3 is 20.1 Å². The Morgan fingerprint density at radius 3 is 2.62 bits per heavy atom. The SMILES string of the molecule is CNC(=O)c1cc(OCCOC)c(NCC(C)C)cc1F. The van der Waals surface area contributed by atoms with E-state index in [9.17, 15) is 9.18 Å². The van der Waals surface area contributed by atoms with Gasteiger partial charge in [0, 0.05) is 26.8 Å². The third-order valence-corrected chi connectivity index (χ3v) is 2.79. The molecule has 0 aromatic heterocycles. The maximum absolute atomic E-state index is 14.0. The first-order chi connectivity index (χ1) is 9.99. The van der Waals surface area contributed by atoms with Crippen molar-refractivity contribution in [3.8, 4) is 5.75 Å². The first-order valence-corrected chi connectivity index (χ1v) is 6.90. The lowest BCUT2D eigenvalue weighted by Gasteiger charge is -2.16. The molecule has 0 unspecified atom stereocenters. The van der Waals surface area contributed by atoms with Crippen molar-refractivity contribution in [2.75, 3.05) is 39.2 Å². The fourth-order valence-electron chi connectivity index (χ4n) is 1.67. The topological polar surface area (TPSA) is 59.6 Å². The van der Waals surface area contributed by atoms with Crippen molar-refractivity contribution in [3.63, 3.8) is 0 Å². The predicted molar refractivity (Wildman–Crippen MR) is 80.5 cm³/mol. The fraction of sp³-hybridized carbons (Fsp3) is 0.533. The van der Waals surface area contributed by atoms with Crippen LogP contribution in [0, 0.1) is 11.7 Å². The van der Waals surface area contributed by atoms with E-state index in [1.54, 1.807) is 7.11 Å². The fourth-order valence-corrected chi connectivity index (χ4v) is 1.67. The normalized spacial score (nSPS) is 10.6. The van der Waals surface area contributed by atoms with Crippen LogP contribution in [0.1, 0.15) is 24.2 Å². The Morgan fingerprint density at radius 1 is 1.33 bits per heavy atom. The number of carbonyl (C=O) groups excluding carboxylic acids is 1. The molecule has 0 aliphatic rings. The van der Waals surface area contributed by atoms with Gasteiger partial charge in [-0.3, -0.25) is 4.79 Å². The minimum Gasteiger partial charge on any atom is -0.489 e. The summed E-state index contributed by atoms with van der Waals surface area (Å²) in [6.45, 7) is 5.52. The second-order valence-corrected chi connectivity index (χ2v) is 5.02. The zero-order valence-electron chi connectivity index (χ0n) is 13.0. The van der Waals surface area contributed by atoms with Crippen molar-refractivity contribution in [3.05, 3.63) is 23.5 Å². The van der Waals surface area contributed by atoms with Gasteiger partial charge >= 0.3 is 0 Å². The lowest BCUT2D eigenvalue weighted by atomic mass is 10.1. The van der Waals surface area contributed by atoms with E-state index in [1.807, 2.05) is 13.8 Å². The lowest BCUT2D eigenvalue weighted by molar-refractivity contribution is 0.0958. The number of ether oxygens (including phenoxy) is 2. The quantitative estimate of drug-likeness (QED) is 0.723. The second kappa shape index (κ2) is 8.46. The molecule has 0 fully saturated rings. The molecule has 2 N–H and O–H groups in total. The molecule has 0 saturated heterocycles. The molecule has 1 rings (SSSR count). The number of nitrogens with one attached hydrogen (secondary N) is 2. The number of rotatable bonds is 8. The number of benzene rings is 1.